The Hall–Kier alpha value is -1.00. The summed E-state index contributed by atoms with van der Waals surface area (Å²) in [6.07, 6.45) is -3.64. The molecule has 0 heterocycles. The minimum atomic E-state index is -4.58. The molecular formula is C6H9F3N2. The monoisotopic (exact) mass is 166 g/mol. The summed E-state index contributed by atoms with van der Waals surface area (Å²) in [7, 11) is 0. The lowest BCUT2D eigenvalue weighted by Crippen LogP contribution is -2.20. The molecule has 2 nitrogen and oxygen atoms in total. The molecule has 0 atom stereocenters. The molecule has 0 radical (unpaired) electrons. The summed E-state index contributed by atoms with van der Waals surface area (Å²) in [4.78, 5) is 0. The number of halogens is 3. The number of hydrogen-bond acceptors (Lipinski definition) is 2. The fourth-order valence-corrected chi connectivity index (χ4v) is 0.369. The van der Waals surface area contributed by atoms with Gasteiger partial charge >= 0.3 is 6.18 Å². The minimum Gasteiger partial charge on any atom is -0.402 e. The molecule has 0 amide bonds. The number of rotatable bonds is 2. The van der Waals surface area contributed by atoms with Crippen molar-refractivity contribution in [1.82, 2.24) is 0 Å². The van der Waals surface area contributed by atoms with E-state index in [4.69, 9.17) is 11.1 Å². The second-order valence-corrected chi connectivity index (χ2v) is 1.98. The van der Waals surface area contributed by atoms with Crippen molar-refractivity contribution < 1.29 is 13.2 Å². The third-order valence-electron chi connectivity index (χ3n) is 1.04. The van der Waals surface area contributed by atoms with E-state index in [1.165, 1.54) is 0 Å². The molecule has 0 aromatic rings. The number of nitrogens with one attached hydrogen (secondary N) is 1. The van der Waals surface area contributed by atoms with Crippen molar-refractivity contribution in [1.29, 1.82) is 5.41 Å². The van der Waals surface area contributed by atoms with E-state index in [0.29, 0.717) is 12.5 Å². The van der Waals surface area contributed by atoms with E-state index in [0.717, 1.165) is 0 Å². The Labute approximate surface area is 62.4 Å². The SMILES string of the molecule is CC/C(N)=C/C(=N)C(F)(F)F. The average Bonchev–Trinajstić information content (AvgIpc) is 1.85. The van der Waals surface area contributed by atoms with Crippen molar-refractivity contribution in [3.63, 3.8) is 0 Å². The number of nitrogens with two attached hydrogens (primary N) is 1. The molecule has 3 N–H and O–H groups in total. The van der Waals surface area contributed by atoms with Crippen LogP contribution in [-0.2, 0) is 0 Å². The van der Waals surface area contributed by atoms with Crippen LogP contribution in [0, 0.1) is 5.41 Å². The van der Waals surface area contributed by atoms with Crippen LogP contribution in [0.15, 0.2) is 11.8 Å². The second-order valence-electron chi connectivity index (χ2n) is 1.98. The fraction of sp³-hybridized carbons (Fsp3) is 0.500. The standard InChI is InChI=1S/C6H9F3N2/c1-2-4(10)3-5(11)6(7,8)9/h3,11H,2,10H2,1H3/b4-3-,11-5?. The number of alkyl halides is 3. The van der Waals surface area contributed by atoms with Gasteiger partial charge in [0.1, 0.15) is 5.71 Å². The molecule has 11 heavy (non-hydrogen) atoms. The number of allylic oxidation sites excluding steroid dienone is 2. The summed E-state index contributed by atoms with van der Waals surface area (Å²) in [5.41, 5.74) is 3.75. The molecule has 0 aromatic carbocycles. The average molecular weight is 166 g/mol. The molecule has 0 aliphatic heterocycles. The van der Waals surface area contributed by atoms with Crippen LogP contribution in [0.3, 0.4) is 0 Å². The molecule has 0 fully saturated rings. The fourth-order valence-electron chi connectivity index (χ4n) is 0.369. The van der Waals surface area contributed by atoms with Crippen LogP contribution in [0.5, 0.6) is 0 Å². The molecule has 5 heteroatoms. The molecule has 0 saturated carbocycles. The highest BCUT2D eigenvalue weighted by Gasteiger charge is 2.32. The highest BCUT2D eigenvalue weighted by molar-refractivity contribution is 5.97. The quantitative estimate of drug-likeness (QED) is 0.604. The smallest absolute Gasteiger partial charge is 0.402 e. The van der Waals surface area contributed by atoms with Crippen molar-refractivity contribution in [2.45, 2.75) is 19.5 Å². The van der Waals surface area contributed by atoms with Crippen LogP contribution >= 0.6 is 0 Å². The van der Waals surface area contributed by atoms with Crippen LogP contribution in [0.25, 0.3) is 0 Å². The molecule has 64 valence electrons. The first-order chi connectivity index (χ1) is 4.88. The molecular weight excluding hydrogens is 157 g/mol. The Bertz CT molecular complexity index is 181. The summed E-state index contributed by atoms with van der Waals surface area (Å²) in [6.45, 7) is 1.62. The molecule has 0 bridgehead atoms. The van der Waals surface area contributed by atoms with Gasteiger partial charge in [0.25, 0.3) is 0 Å². The van der Waals surface area contributed by atoms with Gasteiger partial charge in [0.05, 0.1) is 0 Å². The van der Waals surface area contributed by atoms with E-state index in [1.807, 2.05) is 0 Å². The summed E-state index contributed by atoms with van der Waals surface area (Å²) in [6, 6.07) is 0. The largest absolute Gasteiger partial charge is 0.432 e. The summed E-state index contributed by atoms with van der Waals surface area (Å²) in [5, 5.41) is 6.49. The lowest BCUT2D eigenvalue weighted by molar-refractivity contribution is -0.0584. The Kier molecular flexibility index (Phi) is 3.10. The lowest BCUT2D eigenvalue weighted by Gasteiger charge is -2.03. The molecule has 0 rings (SSSR count). The molecule has 0 aliphatic rings. The van der Waals surface area contributed by atoms with E-state index in [2.05, 4.69) is 0 Å². The van der Waals surface area contributed by atoms with Gasteiger partial charge in [0.2, 0.25) is 0 Å². The molecule has 0 spiro atoms. The topological polar surface area (TPSA) is 49.9 Å². The predicted octanol–water partition coefficient (Wildman–Crippen LogP) is 1.82. The molecule has 0 aliphatic carbocycles. The lowest BCUT2D eigenvalue weighted by atomic mass is 10.2. The summed E-state index contributed by atoms with van der Waals surface area (Å²) >= 11 is 0. The third-order valence-corrected chi connectivity index (χ3v) is 1.04. The Balaban J connectivity index is 4.30. The summed E-state index contributed by atoms with van der Waals surface area (Å²) in [5.74, 6) is 0. The maximum absolute atomic E-state index is 11.6. The first-order valence-electron chi connectivity index (χ1n) is 2.99. The van der Waals surface area contributed by atoms with Gasteiger partial charge in [-0.05, 0) is 12.5 Å². The summed E-state index contributed by atoms with van der Waals surface area (Å²) < 4.78 is 34.9. The minimum absolute atomic E-state index is 0.0623. The van der Waals surface area contributed by atoms with E-state index in [9.17, 15) is 13.2 Å². The highest BCUT2D eigenvalue weighted by Crippen LogP contribution is 2.17. The highest BCUT2D eigenvalue weighted by atomic mass is 19.4. The zero-order valence-corrected chi connectivity index (χ0v) is 6.00. The molecule has 0 unspecified atom stereocenters. The van der Waals surface area contributed by atoms with Gasteiger partial charge in [0, 0.05) is 5.70 Å². The van der Waals surface area contributed by atoms with Gasteiger partial charge in [-0.25, -0.2) is 0 Å². The second kappa shape index (κ2) is 3.41. The van der Waals surface area contributed by atoms with Gasteiger partial charge in [-0.3, -0.25) is 5.41 Å². The van der Waals surface area contributed by atoms with E-state index >= 15 is 0 Å². The van der Waals surface area contributed by atoms with E-state index in [-0.39, 0.29) is 5.70 Å². The first-order valence-corrected chi connectivity index (χ1v) is 2.99. The maximum atomic E-state index is 11.6. The normalized spacial score (nSPS) is 13.3. The van der Waals surface area contributed by atoms with Gasteiger partial charge < -0.3 is 5.73 Å². The number of hydrogen-bond donors (Lipinski definition) is 2. The Morgan fingerprint density at radius 2 is 2.00 bits per heavy atom. The van der Waals surface area contributed by atoms with Crippen LogP contribution < -0.4 is 5.73 Å². The van der Waals surface area contributed by atoms with Gasteiger partial charge in [-0.1, -0.05) is 6.92 Å². The van der Waals surface area contributed by atoms with Crippen LogP contribution in [0.2, 0.25) is 0 Å². The maximum Gasteiger partial charge on any atom is 0.432 e. The van der Waals surface area contributed by atoms with E-state index in [1.54, 1.807) is 6.92 Å². The Morgan fingerprint density at radius 3 is 2.27 bits per heavy atom. The van der Waals surface area contributed by atoms with Crippen molar-refractivity contribution >= 4 is 5.71 Å². The van der Waals surface area contributed by atoms with Gasteiger partial charge in [-0.15, -0.1) is 0 Å². The molecule has 0 aromatic heterocycles. The molecule has 0 saturated heterocycles. The van der Waals surface area contributed by atoms with Crippen LogP contribution in [-0.4, -0.2) is 11.9 Å². The zero-order chi connectivity index (χ0) is 9.07. The zero-order valence-electron chi connectivity index (χ0n) is 6.00. The predicted molar refractivity (Wildman–Crippen MR) is 36.3 cm³/mol. The van der Waals surface area contributed by atoms with Crippen LogP contribution in [0.4, 0.5) is 13.2 Å². The van der Waals surface area contributed by atoms with Gasteiger partial charge in [-0.2, -0.15) is 13.2 Å². The van der Waals surface area contributed by atoms with Crippen molar-refractivity contribution in [3.8, 4) is 0 Å². The Morgan fingerprint density at radius 1 is 1.55 bits per heavy atom. The van der Waals surface area contributed by atoms with Crippen molar-refractivity contribution in [2.24, 2.45) is 5.73 Å². The van der Waals surface area contributed by atoms with Gasteiger partial charge in [0.15, 0.2) is 0 Å². The van der Waals surface area contributed by atoms with Crippen LogP contribution in [0.1, 0.15) is 13.3 Å². The first kappa shape index (κ1) is 10.0. The van der Waals surface area contributed by atoms with Crippen molar-refractivity contribution in [2.75, 3.05) is 0 Å². The van der Waals surface area contributed by atoms with Crippen molar-refractivity contribution in [3.05, 3.63) is 11.8 Å². The van der Waals surface area contributed by atoms with E-state index < -0.39 is 11.9 Å². The third kappa shape index (κ3) is 3.64.